The van der Waals surface area contributed by atoms with Crippen molar-refractivity contribution in [2.75, 3.05) is 19.0 Å². The zero-order chi connectivity index (χ0) is 17.4. The van der Waals surface area contributed by atoms with Gasteiger partial charge in [0.15, 0.2) is 0 Å². The SMILES string of the molecule is CNC(CCCC(=O)O)COC(=O)Nc1cc2ccccc2cn1. The first-order chi connectivity index (χ1) is 11.6. The summed E-state index contributed by atoms with van der Waals surface area (Å²) in [6.45, 7) is 0.162. The molecule has 7 heteroatoms. The number of aliphatic carboxylic acids is 1. The summed E-state index contributed by atoms with van der Waals surface area (Å²) in [6.07, 6.45) is 2.34. The van der Waals surface area contributed by atoms with Gasteiger partial charge in [-0.05, 0) is 31.3 Å². The molecule has 1 aromatic carbocycles. The van der Waals surface area contributed by atoms with E-state index in [0.717, 1.165) is 10.8 Å². The lowest BCUT2D eigenvalue weighted by atomic mass is 10.1. The Balaban J connectivity index is 1.81. The number of likely N-dealkylation sites (N-methyl/N-ethyl adjacent to an activating group) is 1. The molecule has 3 N–H and O–H groups in total. The predicted octanol–water partition coefficient (Wildman–Crippen LogP) is 2.63. The minimum absolute atomic E-state index is 0.0836. The number of hydrogen-bond acceptors (Lipinski definition) is 5. The number of rotatable bonds is 8. The number of nitrogens with one attached hydrogen (secondary N) is 2. The molecule has 0 saturated heterocycles. The molecule has 2 rings (SSSR count). The van der Waals surface area contributed by atoms with E-state index >= 15 is 0 Å². The molecule has 0 aliphatic carbocycles. The lowest BCUT2D eigenvalue weighted by molar-refractivity contribution is -0.137. The maximum Gasteiger partial charge on any atom is 0.412 e. The van der Waals surface area contributed by atoms with Crippen molar-refractivity contribution in [3.05, 3.63) is 36.5 Å². The number of carboxylic acids is 1. The summed E-state index contributed by atoms with van der Waals surface area (Å²) in [5.41, 5.74) is 0. The van der Waals surface area contributed by atoms with E-state index < -0.39 is 12.1 Å². The van der Waals surface area contributed by atoms with Crippen LogP contribution in [0.5, 0.6) is 0 Å². The van der Waals surface area contributed by atoms with Crippen LogP contribution >= 0.6 is 0 Å². The number of hydrogen-bond donors (Lipinski definition) is 3. The monoisotopic (exact) mass is 331 g/mol. The smallest absolute Gasteiger partial charge is 0.412 e. The molecular formula is C17H21N3O4. The van der Waals surface area contributed by atoms with Crippen LogP contribution in [0.15, 0.2) is 36.5 Å². The van der Waals surface area contributed by atoms with E-state index in [9.17, 15) is 9.59 Å². The van der Waals surface area contributed by atoms with E-state index in [2.05, 4.69) is 15.6 Å². The third-order valence-electron chi connectivity index (χ3n) is 3.63. The summed E-state index contributed by atoms with van der Waals surface area (Å²) in [4.78, 5) is 26.5. The fraction of sp³-hybridized carbons (Fsp3) is 0.353. The van der Waals surface area contributed by atoms with Gasteiger partial charge >= 0.3 is 12.1 Å². The minimum atomic E-state index is -0.828. The van der Waals surface area contributed by atoms with Crippen molar-refractivity contribution in [3.63, 3.8) is 0 Å². The van der Waals surface area contributed by atoms with Crippen molar-refractivity contribution >= 4 is 28.7 Å². The highest BCUT2D eigenvalue weighted by molar-refractivity contribution is 5.89. The van der Waals surface area contributed by atoms with Crippen molar-refractivity contribution in [1.82, 2.24) is 10.3 Å². The van der Waals surface area contributed by atoms with Gasteiger partial charge in [0.05, 0.1) is 0 Å². The number of aromatic nitrogens is 1. The van der Waals surface area contributed by atoms with Gasteiger partial charge < -0.3 is 15.2 Å². The summed E-state index contributed by atoms with van der Waals surface area (Å²) >= 11 is 0. The molecule has 0 aliphatic heterocycles. The average molecular weight is 331 g/mol. The molecule has 0 fully saturated rings. The topological polar surface area (TPSA) is 101 Å². The van der Waals surface area contributed by atoms with Crippen LogP contribution < -0.4 is 10.6 Å². The molecule has 0 bridgehead atoms. The number of carbonyl (C=O) groups is 2. The third-order valence-corrected chi connectivity index (χ3v) is 3.63. The van der Waals surface area contributed by atoms with Crippen molar-refractivity contribution in [2.24, 2.45) is 0 Å². The Bertz CT molecular complexity index is 705. The molecule has 1 aromatic heterocycles. The zero-order valence-corrected chi connectivity index (χ0v) is 13.5. The highest BCUT2D eigenvalue weighted by Crippen LogP contribution is 2.16. The number of nitrogens with zero attached hydrogens (tertiary/aromatic N) is 1. The van der Waals surface area contributed by atoms with Crippen molar-refractivity contribution < 1.29 is 19.4 Å². The fourth-order valence-electron chi connectivity index (χ4n) is 2.28. The summed E-state index contributed by atoms with van der Waals surface area (Å²) in [5, 5.41) is 16.2. The molecule has 1 atom stereocenters. The molecular weight excluding hydrogens is 310 g/mol. The molecule has 2 aromatic rings. The minimum Gasteiger partial charge on any atom is -0.481 e. The Morgan fingerprint density at radius 2 is 2.04 bits per heavy atom. The zero-order valence-electron chi connectivity index (χ0n) is 13.5. The lowest BCUT2D eigenvalue weighted by Crippen LogP contribution is -2.32. The molecule has 128 valence electrons. The standard InChI is InChI=1S/C17H21N3O4/c1-18-14(7-4-8-16(21)22)11-24-17(23)20-15-9-12-5-2-3-6-13(12)10-19-15/h2-3,5-6,9-10,14,18H,4,7-8,11H2,1H3,(H,21,22)(H,19,20,23). The maximum atomic E-state index is 11.9. The maximum absolute atomic E-state index is 11.9. The highest BCUT2D eigenvalue weighted by atomic mass is 16.5. The average Bonchev–Trinajstić information content (AvgIpc) is 2.57. The van der Waals surface area contributed by atoms with Crippen LogP contribution in [0.4, 0.5) is 10.6 Å². The molecule has 0 spiro atoms. The van der Waals surface area contributed by atoms with Crippen LogP contribution in [0.1, 0.15) is 19.3 Å². The van der Waals surface area contributed by atoms with Crippen LogP contribution in [0.3, 0.4) is 0 Å². The van der Waals surface area contributed by atoms with Gasteiger partial charge in [-0.15, -0.1) is 0 Å². The predicted molar refractivity (Wildman–Crippen MR) is 91.0 cm³/mol. The number of benzene rings is 1. The van der Waals surface area contributed by atoms with E-state index in [1.54, 1.807) is 19.3 Å². The van der Waals surface area contributed by atoms with Gasteiger partial charge in [0.1, 0.15) is 12.4 Å². The van der Waals surface area contributed by atoms with E-state index in [1.165, 1.54) is 0 Å². The first-order valence-corrected chi connectivity index (χ1v) is 7.76. The number of carboxylic acid groups (broad SMARTS) is 1. The summed E-state index contributed by atoms with van der Waals surface area (Å²) < 4.78 is 5.17. The van der Waals surface area contributed by atoms with Gasteiger partial charge in [-0.2, -0.15) is 0 Å². The van der Waals surface area contributed by atoms with Gasteiger partial charge in [0.2, 0.25) is 0 Å². The van der Waals surface area contributed by atoms with Crippen LogP contribution in [-0.4, -0.2) is 41.8 Å². The number of carbonyl (C=O) groups excluding carboxylic acids is 1. The Labute approximate surface area is 140 Å². The van der Waals surface area contributed by atoms with Crippen molar-refractivity contribution in [2.45, 2.75) is 25.3 Å². The van der Waals surface area contributed by atoms with Gasteiger partial charge in [-0.1, -0.05) is 24.3 Å². The molecule has 24 heavy (non-hydrogen) atoms. The van der Waals surface area contributed by atoms with Crippen LogP contribution in [0.2, 0.25) is 0 Å². The Morgan fingerprint density at radius 1 is 1.29 bits per heavy atom. The quantitative estimate of drug-likeness (QED) is 0.687. The second-order valence-corrected chi connectivity index (χ2v) is 5.41. The number of amides is 1. The molecule has 0 aliphatic rings. The molecule has 1 unspecified atom stereocenters. The van der Waals surface area contributed by atoms with E-state index in [-0.39, 0.29) is 19.1 Å². The fourth-order valence-corrected chi connectivity index (χ4v) is 2.28. The number of fused-ring (bicyclic) bond motifs is 1. The van der Waals surface area contributed by atoms with Crippen LogP contribution in [-0.2, 0) is 9.53 Å². The van der Waals surface area contributed by atoms with E-state index in [0.29, 0.717) is 18.7 Å². The highest BCUT2D eigenvalue weighted by Gasteiger charge is 2.11. The van der Waals surface area contributed by atoms with Crippen LogP contribution in [0, 0.1) is 0 Å². The second-order valence-electron chi connectivity index (χ2n) is 5.41. The number of pyridine rings is 1. The number of ether oxygens (including phenoxy) is 1. The molecule has 0 radical (unpaired) electrons. The van der Waals surface area contributed by atoms with E-state index in [4.69, 9.17) is 9.84 Å². The van der Waals surface area contributed by atoms with Gasteiger partial charge in [-0.25, -0.2) is 9.78 Å². The Morgan fingerprint density at radius 3 is 2.75 bits per heavy atom. The molecule has 1 amide bonds. The normalized spacial score (nSPS) is 11.9. The van der Waals surface area contributed by atoms with E-state index in [1.807, 2.05) is 24.3 Å². The van der Waals surface area contributed by atoms with Gasteiger partial charge in [-0.3, -0.25) is 10.1 Å². The largest absolute Gasteiger partial charge is 0.481 e. The van der Waals surface area contributed by atoms with Crippen molar-refractivity contribution in [1.29, 1.82) is 0 Å². The molecule has 7 nitrogen and oxygen atoms in total. The summed E-state index contributed by atoms with van der Waals surface area (Å²) in [6, 6.07) is 9.41. The first kappa shape index (κ1) is 17.7. The first-order valence-electron chi connectivity index (χ1n) is 7.76. The van der Waals surface area contributed by atoms with Gasteiger partial charge in [0.25, 0.3) is 0 Å². The number of anilines is 1. The lowest BCUT2D eigenvalue weighted by Gasteiger charge is -2.16. The molecule has 1 heterocycles. The van der Waals surface area contributed by atoms with Gasteiger partial charge in [0, 0.05) is 24.0 Å². The Hall–Kier alpha value is -2.67. The summed E-state index contributed by atoms with van der Waals surface area (Å²) in [7, 11) is 1.75. The Kier molecular flexibility index (Phi) is 6.51. The second kappa shape index (κ2) is 8.83. The summed E-state index contributed by atoms with van der Waals surface area (Å²) in [5.74, 6) is -0.406. The molecule has 0 saturated carbocycles. The van der Waals surface area contributed by atoms with Crippen LogP contribution in [0.25, 0.3) is 10.8 Å². The van der Waals surface area contributed by atoms with Crippen molar-refractivity contribution in [3.8, 4) is 0 Å². The third kappa shape index (κ3) is 5.51.